The fourth-order valence-electron chi connectivity index (χ4n) is 4.57. The van der Waals surface area contributed by atoms with Gasteiger partial charge in [0.25, 0.3) is 0 Å². The third-order valence-corrected chi connectivity index (χ3v) is 7.61. The zero-order valence-electron chi connectivity index (χ0n) is 21.9. The molecule has 1 unspecified atom stereocenters. The van der Waals surface area contributed by atoms with Crippen LogP contribution in [0.5, 0.6) is 23.0 Å². The lowest BCUT2D eigenvalue weighted by atomic mass is 9.90. The molecule has 0 aliphatic carbocycles. The van der Waals surface area contributed by atoms with Crippen LogP contribution >= 0.6 is 11.8 Å². The smallest absolute Gasteiger partial charge is 0.347 e. The van der Waals surface area contributed by atoms with Crippen LogP contribution in [0.2, 0.25) is 0 Å². The normalized spacial score (nSPS) is 14.7. The Balaban J connectivity index is 0.000000204. The van der Waals surface area contributed by atoms with E-state index in [2.05, 4.69) is 60.4 Å². The minimum atomic E-state index is -0.598. The molecule has 3 aromatic rings. The number of ether oxygens (including phenoxy) is 3. The van der Waals surface area contributed by atoms with Crippen LogP contribution < -0.4 is 14.2 Å². The van der Waals surface area contributed by atoms with Crippen molar-refractivity contribution in [2.75, 3.05) is 38.8 Å². The van der Waals surface area contributed by atoms with Crippen LogP contribution in [-0.4, -0.2) is 60.7 Å². The number of phenols is 1. The Kier molecular flexibility index (Phi) is 9.18. The highest BCUT2D eigenvalue weighted by atomic mass is 32.2. The molecule has 3 aromatic carbocycles. The van der Waals surface area contributed by atoms with Gasteiger partial charge in [-0.1, -0.05) is 60.2 Å². The number of benzene rings is 3. The Hall–Kier alpha value is -3.65. The second-order valence-corrected chi connectivity index (χ2v) is 10.4. The first-order chi connectivity index (χ1) is 18.4. The first-order valence-corrected chi connectivity index (χ1v) is 13.8. The first-order valence-electron chi connectivity index (χ1n) is 12.6. The molecule has 0 aromatic heterocycles. The minimum Gasteiger partial charge on any atom is -0.504 e. The number of amides is 1. The summed E-state index contributed by atoms with van der Waals surface area (Å²) in [5.74, 6) is 2.14. The second-order valence-electron chi connectivity index (χ2n) is 9.15. The Labute approximate surface area is 227 Å². The number of methoxy groups -OCH3 is 2. The van der Waals surface area contributed by atoms with E-state index in [1.165, 1.54) is 31.4 Å². The fraction of sp³-hybridized carbons (Fsp3) is 0.333. The SMILES string of the molecule is COc1c2cc(c(O)c1OC)C(=O)O2.Cc1ccc(C(CCc2ccccc2)C(=O)N2CCSCC2)cc1. The molecule has 0 spiro atoms. The molecular formula is C30H33NO6S. The number of carbonyl (C=O) groups is 2. The lowest BCUT2D eigenvalue weighted by Gasteiger charge is -2.30. The maximum Gasteiger partial charge on any atom is 0.347 e. The number of esters is 1. The maximum atomic E-state index is 13.1. The van der Waals surface area contributed by atoms with Gasteiger partial charge in [0.05, 0.1) is 20.1 Å². The van der Waals surface area contributed by atoms with E-state index in [4.69, 9.17) is 14.2 Å². The van der Waals surface area contributed by atoms with E-state index in [0.717, 1.165) is 43.0 Å². The van der Waals surface area contributed by atoms with Gasteiger partial charge in [-0.3, -0.25) is 4.79 Å². The summed E-state index contributed by atoms with van der Waals surface area (Å²) in [6.07, 6.45) is 1.81. The molecule has 1 fully saturated rings. The van der Waals surface area contributed by atoms with E-state index in [1.54, 1.807) is 0 Å². The van der Waals surface area contributed by atoms with Crippen molar-refractivity contribution < 1.29 is 28.9 Å². The Morgan fingerprint density at radius 1 is 1.03 bits per heavy atom. The first kappa shape index (κ1) is 27.4. The topological polar surface area (TPSA) is 85.3 Å². The van der Waals surface area contributed by atoms with Gasteiger partial charge in [0.2, 0.25) is 17.4 Å². The highest BCUT2D eigenvalue weighted by Crippen LogP contribution is 2.49. The predicted octanol–water partition coefficient (Wildman–Crippen LogP) is 5.23. The number of hydrogen-bond donors (Lipinski definition) is 1. The molecule has 2 aliphatic rings. The zero-order valence-corrected chi connectivity index (χ0v) is 22.8. The second kappa shape index (κ2) is 12.7. The number of hydrogen-bond acceptors (Lipinski definition) is 7. The third kappa shape index (κ3) is 6.25. The molecule has 2 heterocycles. The number of aromatic hydroxyl groups is 1. The summed E-state index contributed by atoms with van der Waals surface area (Å²) >= 11 is 1.94. The number of rotatable bonds is 7. The molecule has 2 aliphatic heterocycles. The molecule has 5 rings (SSSR count). The van der Waals surface area contributed by atoms with Crippen molar-refractivity contribution in [2.45, 2.75) is 25.7 Å². The van der Waals surface area contributed by atoms with Gasteiger partial charge in [0.15, 0.2) is 11.5 Å². The molecule has 0 saturated carbocycles. The Bertz CT molecular complexity index is 1260. The van der Waals surface area contributed by atoms with Gasteiger partial charge >= 0.3 is 5.97 Å². The summed E-state index contributed by atoms with van der Waals surface area (Å²) in [7, 11) is 2.78. The monoisotopic (exact) mass is 535 g/mol. The van der Waals surface area contributed by atoms with E-state index in [0.29, 0.717) is 5.91 Å². The number of thioether (sulfide) groups is 1. The van der Waals surface area contributed by atoms with Crippen molar-refractivity contribution in [2.24, 2.45) is 0 Å². The quantitative estimate of drug-likeness (QED) is 0.415. The standard InChI is InChI=1S/C21H25NOS.C9H8O5/c1-17-7-10-19(11-8-17)20(12-9-18-5-3-2-4-6-18)21(23)22-13-15-24-16-14-22;1-12-7-5-3-4(9(11)14-5)6(10)8(7)13-2/h2-8,10-11,20H,9,12-16H2,1H3;3,10H,1-2H3. The molecule has 200 valence electrons. The van der Waals surface area contributed by atoms with Crippen molar-refractivity contribution in [3.05, 3.63) is 82.9 Å². The third-order valence-electron chi connectivity index (χ3n) is 6.67. The van der Waals surface area contributed by atoms with Crippen molar-refractivity contribution in [1.29, 1.82) is 0 Å². The molecular weight excluding hydrogens is 502 g/mol. The molecule has 7 nitrogen and oxygen atoms in total. The Morgan fingerprint density at radius 2 is 1.68 bits per heavy atom. The summed E-state index contributed by atoms with van der Waals surface area (Å²) in [5.41, 5.74) is 3.79. The molecule has 1 amide bonds. The van der Waals surface area contributed by atoms with Crippen LogP contribution in [-0.2, 0) is 11.2 Å². The highest BCUT2D eigenvalue weighted by Gasteiger charge is 2.32. The molecule has 1 saturated heterocycles. The van der Waals surface area contributed by atoms with Crippen LogP contribution in [0.15, 0.2) is 60.7 Å². The average molecular weight is 536 g/mol. The largest absolute Gasteiger partial charge is 0.504 e. The number of fused-ring (bicyclic) bond motifs is 2. The van der Waals surface area contributed by atoms with E-state index in [-0.39, 0.29) is 34.5 Å². The zero-order chi connectivity index (χ0) is 27.1. The summed E-state index contributed by atoms with van der Waals surface area (Å²) in [4.78, 5) is 26.3. The van der Waals surface area contributed by atoms with Gasteiger partial charge in [-0.15, -0.1) is 0 Å². The fourth-order valence-corrected chi connectivity index (χ4v) is 5.47. The van der Waals surface area contributed by atoms with Crippen molar-refractivity contribution in [3.63, 3.8) is 0 Å². The highest BCUT2D eigenvalue weighted by molar-refractivity contribution is 7.99. The van der Waals surface area contributed by atoms with Gasteiger partial charge in [-0.2, -0.15) is 11.8 Å². The lowest BCUT2D eigenvalue weighted by molar-refractivity contribution is -0.132. The summed E-state index contributed by atoms with van der Waals surface area (Å²) in [6, 6.07) is 20.4. The van der Waals surface area contributed by atoms with Crippen molar-refractivity contribution >= 4 is 23.6 Å². The molecule has 8 heteroatoms. The molecule has 2 bridgehead atoms. The molecule has 1 atom stereocenters. The summed E-state index contributed by atoms with van der Waals surface area (Å²) in [5, 5.41) is 9.60. The van der Waals surface area contributed by atoms with Crippen molar-refractivity contribution in [1.82, 2.24) is 4.90 Å². The van der Waals surface area contributed by atoms with Crippen molar-refractivity contribution in [3.8, 4) is 23.0 Å². The lowest BCUT2D eigenvalue weighted by Crippen LogP contribution is -2.41. The van der Waals surface area contributed by atoms with E-state index in [1.807, 2.05) is 17.8 Å². The van der Waals surface area contributed by atoms with Crippen LogP contribution in [0, 0.1) is 6.92 Å². The van der Waals surface area contributed by atoms with Gasteiger partial charge < -0.3 is 24.2 Å². The van der Waals surface area contributed by atoms with E-state index < -0.39 is 5.97 Å². The summed E-state index contributed by atoms with van der Waals surface area (Å²) in [6.45, 7) is 3.86. The summed E-state index contributed by atoms with van der Waals surface area (Å²) < 4.78 is 14.7. The minimum absolute atomic E-state index is 0.0334. The number of nitrogens with zero attached hydrogens (tertiary/aromatic N) is 1. The van der Waals surface area contributed by atoms with E-state index in [9.17, 15) is 14.7 Å². The van der Waals surface area contributed by atoms with Crippen LogP contribution in [0.4, 0.5) is 0 Å². The average Bonchev–Trinajstić information content (AvgIpc) is 3.30. The predicted molar refractivity (Wildman–Crippen MR) is 149 cm³/mol. The van der Waals surface area contributed by atoms with Gasteiger partial charge in [-0.25, -0.2) is 4.79 Å². The number of aryl methyl sites for hydroxylation is 2. The maximum absolute atomic E-state index is 13.1. The van der Waals surface area contributed by atoms with Crippen LogP contribution in [0.3, 0.4) is 0 Å². The molecule has 38 heavy (non-hydrogen) atoms. The van der Waals surface area contributed by atoms with E-state index >= 15 is 0 Å². The number of phenolic OH excluding ortho intramolecular Hbond substituents is 1. The van der Waals surface area contributed by atoms with Crippen LogP contribution in [0.1, 0.15) is 39.4 Å². The van der Waals surface area contributed by atoms with Gasteiger partial charge in [0.1, 0.15) is 5.56 Å². The van der Waals surface area contributed by atoms with Gasteiger partial charge in [0, 0.05) is 30.7 Å². The molecule has 1 N–H and O–H groups in total. The van der Waals surface area contributed by atoms with Crippen LogP contribution in [0.25, 0.3) is 0 Å². The molecule has 0 radical (unpaired) electrons. The Morgan fingerprint density at radius 3 is 2.32 bits per heavy atom. The van der Waals surface area contributed by atoms with Gasteiger partial charge in [-0.05, 0) is 30.9 Å². The number of carbonyl (C=O) groups excluding carboxylic acids is 2.